The Morgan fingerprint density at radius 2 is 1.69 bits per heavy atom. The van der Waals surface area contributed by atoms with Gasteiger partial charge in [0, 0.05) is 25.2 Å². The summed E-state index contributed by atoms with van der Waals surface area (Å²) in [7, 11) is 2.99. The number of hydrogen-bond acceptors (Lipinski definition) is 5. The highest BCUT2D eigenvalue weighted by Crippen LogP contribution is 2.17. The minimum atomic E-state index is -0.369. The lowest BCUT2D eigenvalue weighted by atomic mass is 10.1. The van der Waals surface area contributed by atoms with Crippen molar-refractivity contribution in [2.75, 3.05) is 32.6 Å². The van der Waals surface area contributed by atoms with Gasteiger partial charge in [0.15, 0.2) is 0 Å². The van der Waals surface area contributed by atoms with E-state index in [-0.39, 0.29) is 11.9 Å². The second-order valence-electron chi connectivity index (χ2n) is 5.66. The van der Waals surface area contributed by atoms with Gasteiger partial charge in [0.1, 0.15) is 5.75 Å². The molecule has 0 aliphatic carbocycles. The molecule has 6 nitrogen and oxygen atoms in total. The quantitative estimate of drug-likeness (QED) is 0.676. The van der Waals surface area contributed by atoms with Gasteiger partial charge in [-0.25, -0.2) is 4.79 Å². The molecule has 1 amide bonds. The number of ether oxygens (including phenoxy) is 2. The van der Waals surface area contributed by atoms with Gasteiger partial charge >= 0.3 is 5.97 Å². The SMILES string of the molecule is COC(=O)c1ccc(NCCC(=O)NCCc2ccccc2OC)cc1. The molecule has 0 atom stereocenters. The number of hydrogen-bond donors (Lipinski definition) is 2. The number of amides is 1. The third-order valence-electron chi connectivity index (χ3n) is 3.90. The molecule has 0 aliphatic heterocycles. The maximum atomic E-state index is 11.9. The standard InChI is InChI=1S/C20H24N2O4/c1-25-18-6-4-3-5-15(18)11-13-22-19(23)12-14-21-17-9-7-16(8-10-17)20(24)26-2/h3-10,21H,11-14H2,1-2H3,(H,22,23). The lowest BCUT2D eigenvalue weighted by Gasteiger charge is -2.10. The van der Waals surface area contributed by atoms with Crippen molar-refractivity contribution < 1.29 is 19.1 Å². The number of nitrogens with one attached hydrogen (secondary N) is 2. The smallest absolute Gasteiger partial charge is 0.337 e. The lowest BCUT2D eigenvalue weighted by Crippen LogP contribution is -2.27. The summed E-state index contributed by atoms with van der Waals surface area (Å²) in [6.45, 7) is 1.07. The molecule has 0 bridgehead atoms. The van der Waals surface area contributed by atoms with Crippen LogP contribution in [0.2, 0.25) is 0 Å². The molecule has 2 rings (SSSR count). The maximum Gasteiger partial charge on any atom is 0.337 e. The second-order valence-corrected chi connectivity index (χ2v) is 5.66. The largest absolute Gasteiger partial charge is 0.496 e. The molecule has 138 valence electrons. The molecular formula is C20H24N2O4. The maximum absolute atomic E-state index is 11.9. The average Bonchev–Trinajstić information content (AvgIpc) is 2.68. The molecule has 0 aromatic heterocycles. The molecule has 0 saturated carbocycles. The Labute approximate surface area is 153 Å². The van der Waals surface area contributed by atoms with Gasteiger partial charge in [-0.3, -0.25) is 4.79 Å². The Hall–Kier alpha value is -3.02. The Morgan fingerprint density at radius 1 is 0.962 bits per heavy atom. The first kappa shape index (κ1) is 19.3. The highest BCUT2D eigenvalue weighted by molar-refractivity contribution is 5.89. The van der Waals surface area contributed by atoms with Crippen molar-refractivity contribution in [3.63, 3.8) is 0 Å². The number of methoxy groups -OCH3 is 2. The summed E-state index contributed by atoms with van der Waals surface area (Å²) in [5.74, 6) is 0.448. The van der Waals surface area contributed by atoms with Crippen molar-refractivity contribution in [2.45, 2.75) is 12.8 Å². The molecule has 2 N–H and O–H groups in total. The van der Waals surface area contributed by atoms with E-state index in [0.717, 1.165) is 23.4 Å². The van der Waals surface area contributed by atoms with E-state index in [1.165, 1.54) is 7.11 Å². The van der Waals surface area contributed by atoms with Gasteiger partial charge in [-0.1, -0.05) is 18.2 Å². The molecule has 0 radical (unpaired) electrons. The third kappa shape index (κ3) is 5.81. The summed E-state index contributed by atoms with van der Waals surface area (Å²) in [4.78, 5) is 23.3. The number of esters is 1. The molecule has 0 heterocycles. The van der Waals surface area contributed by atoms with Crippen molar-refractivity contribution in [1.29, 1.82) is 0 Å². The first-order valence-electron chi connectivity index (χ1n) is 8.45. The molecule has 0 fully saturated rings. The van der Waals surface area contributed by atoms with E-state index in [1.54, 1.807) is 31.4 Å². The minimum absolute atomic E-state index is 0.0152. The van der Waals surface area contributed by atoms with Gasteiger partial charge in [0.25, 0.3) is 0 Å². The molecule has 2 aromatic carbocycles. The van der Waals surface area contributed by atoms with Crippen LogP contribution in [-0.2, 0) is 16.0 Å². The number of para-hydroxylation sites is 1. The van der Waals surface area contributed by atoms with Crippen LogP contribution in [0.4, 0.5) is 5.69 Å². The Bertz CT molecular complexity index is 729. The number of carbonyl (C=O) groups excluding carboxylic acids is 2. The zero-order chi connectivity index (χ0) is 18.8. The Morgan fingerprint density at radius 3 is 2.38 bits per heavy atom. The lowest BCUT2D eigenvalue weighted by molar-refractivity contribution is -0.120. The summed E-state index contributed by atoms with van der Waals surface area (Å²) in [6.07, 6.45) is 1.09. The van der Waals surface area contributed by atoms with Gasteiger partial charge in [-0.05, 0) is 42.3 Å². The van der Waals surface area contributed by atoms with E-state index in [4.69, 9.17) is 4.74 Å². The molecule has 6 heteroatoms. The summed E-state index contributed by atoms with van der Waals surface area (Å²) in [6, 6.07) is 14.7. The van der Waals surface area contributed by atoms with Crippen LogP contribution in [0.25, 0.3) is 0 Å². The molecule has 0 unspecified atom stereocenters. The normalized spacial score (nSPS) is 10.1. The molecular weight excluding hydrogens is 332 g/mol. The number of carbonyl (C=O) groups is 2. The Kier molecular flexibility index (Phi) is 7.49. The van der Waals surface area contributed by atoms with Crippen molar-refractivity contribution in [2.24, 2.45) is 0 Å². The topological polar surface area (TPSA) is 76.7 Å². The summed E-state index contributed by atoms with van der Waals surface area (Å²) in [5, 5.41) is 6.06. The van der Waals surface area contributed by atoms with E-state index in [0.29, 0.717) is 25.1 Å². The fourth-order valence-corrected chi connectivity index (χ4v) is 2.50. The van der Waals surface area contributed by atoms with Crippen molar-refractivity contribution >= 4 is 17.6 Å². The predicted molar refractivity (Wildman–Crippen MR) is 101 cm³/mol. The fourth-order valence-electron chi connectivity index (χ4n) is 2.50. The highest BCUT2D eigenvalue weighted by Gasteiger charge is 2.06. The minimum Gasteiger partial charge on any atom is -0.496 e. The van der Waals surface area contributed by atoms with E-state index in [1.807, 2.05) is 24.3 Å². The first-order valence-corrected chi connectivity index (χ1v) is 8.45. The van der Waals surface area contributed by atoms with E-state index < -0.39 is 0 Å². The van der Waals surface area contributed by atoms with Crippen LogP contribution in [0, 0.1) is 0 Å². The van der Waals surface area contributed by atoms with Crippen LogP contribution in [0.15, 0.2) is 48.5 Å². The molecule has 26 heavy (non-hydrogen) atoms. The molecule has 0 spiro atoms. The number of rotatable bonds is 9. The van der Waals surface area contributed by atoms with Gasteiger partial charge in [-0.2, -0.15) is 0 Å². The Balaban J connectivity index is 1.68. The average molecular weight is 356 g/mol. The molecule has 2 aromatic rings. The van der Waals surface area contributed by atoms with Gasteiger partial charge < -0.3 is 20.1 Å². The van der Waals surface area contributed by atoms with E-state index in [9.17, 15) is 9.59 Å². The van der Waals surface area contributed by atoms with Gasteiger partial charge in [-0.15, -0.1) is 0 Å². The first-order chi connectivity index (χ1) is 12.6. The van der Waals surface area contributed by atoms with Gasteiger partial charge in [0.2, 0.25) is 5.91 Å². The van der Waals surface area contributed by atoms with Crippen LogP contribution >= 0.6 is 0 Å². The zero-order valence-electron chi connectivity index (χ0n) is 15.1. The third-order valence-corrected chi connectivity index (χ3v) is 3.90. The predicted octanol–water partition coefficient (Wildman–Crippen LogP) is 2.64. The summed E-state index contributed by atoms with van der Waals surface area (Å²) >= 11 is 0. The number of benzene rings is 2. The molecule has 0 aliphatic rings. The monoisotopic (exact) mass is 356 g/mol. The summed E-state index contributed by atoms with van der Waals surface area (Å²) in [5.41, 5.74) is 2.41. The fraction of sp³-hybridized carbons (Fsp3) is 0.300. The zero-order valence-corrected chi connectivity index (χ0v) is 15.1. The van der Waals surface area contributed by atoms with E-state index in [2.05, 4.69) is 15.4 Å². The van der Waals surface area contributed by atoms with Crippen molar-refractivity contribution in [3.05, 3.63) is 59.7 Å². The number of anilines is 1. The second kappa shape index (κ2) is 10.1. The molecule has 0 saturated heterocycles. The van der Waals surface area contributed by atoms with Crippen molar-refractivity contribution in [1.82, 2.24) is 5.32 Å². The van der Waals surface area contributed by atoms with Crippen LogP contribution in [0.3, 0.4) is 0 Å². The van der Waals surface area contributed by atoms with Crippen LogP contribution in [0.1, 0.15) is 22.3 Å². The van der Waals surface area contributed by atoms with Gasteiger partial charge in [0.05, 0.1) is 19.8 Å². The highest BCUT2D eigenvalue weighted by atomic mass is 16.5. The summed E-state index contributed by atoms with van der Waals surface area (Å²) < 4.78 is 9.95. The van der Waals surface area contributed by atoms with Crippen molar-refractivity contribution in [3.8, 4) is 5.75 Å². The van der Waals surface area contributed by atoms with Crippen LogP contribution in [-0.4, -0.2) is 39.2 Å². The van der Waals surface area contributed by atoms with Crippen LogP contribution in [0.5, 0.6) is 5.75 Å². The van der Waals surface area contributed by atoms with E-state index >= 15 is 0 Å². The van der Waals surface area contributed by atoms with Crippen LogP contribution < -0.4 is 15.4 Å².